The number of anilines is 2. The van der Waals surface area contributed by atoms with Crippen molar-refractivity contribution in [2.45, 2.75) is 13.8 Å². The molecule has 15 heavy (non-hydrogen) atoms. The SMILES string of the molecule is CC(C)=CCNc1c(F)cc(N)cc1F. The van der Waals surface area contributed by atoms with Gasteiger partial charge in [-0.05, 0) is 26.0 Å². The summed E-state index contributed by atoms with van der Waals surface area (Å²) in [7, 11) is 0. The summed E-state index contributed by atoms with van der Waals surface area (Å²) in [5.74, 6) is -1.34. The van der Waals surface area contributed by atoms with E-state index in [0.29, 0.717) is 6.54 Å². The second-order valence-electron chi connectivity index (χ2n) is 3.52. The molecule has 0 aliphatic heterocycles. The number of halogens is 2. The van der Waals surface area contributed by atoms with Gasteiger partial charge in [0, 0.05) is 12.2 Å². The lowest BCUT2D eigenvalue weighted by atomic mass is 10.2. The third-order valence-corrected chi connectivity index (χ3v) is 1.85. The van der Waals surface area contributed by atoms with Gasteiger partial charge < -0.3 is 11.1 Å². The Morgan fingerprint density at radius 1 is 1.33 bits per heavy atom. The molecule has 1 aromatic carbocycles. The minimum atomic E-state index is -0.672. The van der Waals surface area contributed by atoms with Gasteiger partial charge in [-0.1, -0.05) is 11.6 Å². The van der Waals surface area contributed by atoms with Gasteiger partial charge in [0.15, 0.2) is 11.6 Å². The standard InChI is InChI=1S/C11H14F2N2/c1-7(2)3-4-15-11-9(12)5-8(14)6-10(11)13/h3,5-6,15H,4,14H2,1-2H3. The van der Waals surface area contributed by atoms with Gasteiger partial charge in [-0.15, -0.1) is 0 Å². The molecule has 0 atom stereocenters. The van der Waals surface area contributed by atoms with Gasteiger partial charge in [-0.25, -0.2) is 8.78 Å². The first-order chi connectivity index (χ1) is 7.00. The Balaban J connectivity index is 2.81. The number of nitrogen functional groups attached to an aromatic ring is 1. The maximum absolute atomic E-state index is 13.2. The van der Waals surface area contributed by atoms with Crippen molar-refractivity contribution in [3.63, 3.8) is 0 Å². The lowest BCUT2D eigenvalue weighted by Crippen LogP contribution is -2.04. The molecule has 1 aromatic rings. The first-order valence-electron chi connectivity index (χ1n) is 4.62. The number of nitrogens with one attached hydrogen (secondary N) is 1. The molecule has 4 heteroatoms. The zero-order valence-electron chi connectivity index (χ0n) is 8.77. The molecule has 0 aliphatic carbocycles. The molecule has 0 unspecified atom stereocenters. The number of hydrogen-bond donors (Lipinski definition) is 2. The number of rotatable bonds is 3. The summed E-state index contributed by atoms with van der Waals surface area (Å²) in [6.45, 7) is 4.22. The Morgan fingerprint density at radius 3 is 2.33 bits per heavy atom. The Hall–Kier alpha value is -1.58. The van der Waals surface area contributed by atoms with Crippen LogP contribution in [0.4, 0.5) is 20.2 Å². The molecule has 0 radical (unpaired) electrons. The molecule has 0 amide bonds. The largest absolute Gasteiger partial charge is 0.399 e. The van der Waals surface area contributed by atoms with Gasteiger partial charge in [-0.2, -0.15) is 0 Å². The van der Waals surface area contributed by atoms with Crippen molar-refractivity contribution in [1.82, 2.24) is 0 Å². The highest BCUT2D eigenvalue weighted by Gasteiger charge is 2.08. The van der Waals surface area contributed by atoms with Crippen LogP contribution in [-0.2, 0) is 0 Å². The van der Waals surface area contributed by atoms with Crippen molar-refractivity contribution in [2.75, 3.05) is 17.6 Å². The van der Waals surface area contributed by atoms with E-state index in [0.717, 1.165) is 17.7 Å². The fourth-order valence-electron chi connectivity index (χ4n) is 1.12. The lowest BCUT2D eigenvalue weighted by Gasteiger charge is -2.07. The van der Waals surface area contributed by atoms with Crippen molar-refractivity contribution in [3.05, 3.63) is 35.4 Å². The summed E-state index contributed by atoms with van der Waals surface area (Å²) in [5.41, 5.74) is 6.31. The summed E-state index contributed by atoms with van der Waals surface area (Å²) < 4.78 is 26.5. The fourth-order valence-corrected chi connectivity index (χ4v) is 1.12. The smallest absolute Gasteiger partial charge is 0.151 e. The molecule has 0 aromatic heterocycles. The number of hydrogen-bond acceptors (Lipinski definition) is 2. The van der Waals surface area contributed by atoms with Gasteiger partial charge in [0.05, 0.1) is 0 Å². The van der Waals surface area contributed by atoms with Crippen LogP contribution < -0.4 is 11.1 Å². The van der Waals surface area contributed by atoms with Crippen LogP contribution in [0.15, 0.2) is 23.8 Å². The molecule has 1 rings (SSSR count). The van der Waals surface area contributed by atoms with E-state index in [4.69, 9.17) is 5.73 Å². The van der Waals surface area contributed by atoms with Crippen LogP contribution in [0, 0.1) is 11.6 Å². The Morgan fingerprint density at radius 2 is 1.87 bits per heavy atom. The van der Waals surface area contributed by atoms with E-state index >= 15 is 0 Å². The van der Waals surface area contributed by atoms with Crippen LogP contribution in [0.1, 0.15) is 13.8 Å². The molecule has 82 valence electrons. The van der Waals surface area contributed by atoms with Crippen molar-refractivity contribution < 1.29 is 8.78 Å². The zero-order chi connectivity index (χ0) is 11.4. The van der Waals surface area contributed by atoms with Crippen LogP contribution in [-0.4, -0.2) is 6.54 Å². The molecule has 0 saturated heterocycles. The van der Waals surface area contributed by atoms with E-state index in [1.165, 1.54) is 0 Å². The second-order valence-corrected chi connectivity index (χ2v) is 3.52. The van der Waals surface area contributed by atoms with E-state index in [2.05, 4.69) is 5.32 Å². The molecule has 3 N–H and O–H groups in total. The van der Waals surface area contributed by atoms with Crippen LogP contribution in [0.3, 0.4) is 0 Å². The molecule has 0 bridgehead atoms. The minimum absolute atomic E-state index is 0.0813. The molecule has 0 spiro atoms. The predicted molar refractivity (Wildman–Crippen MR) is 58.7 cm³/mol. The summed E-state index contributed by atoms with van der Waals surface area (Å²) in [5, 5.41) is 2.66. The predicted octanol–water partition coefficient (Wildman–Crippen LogP) is 2.93. The van der Waals surface area contributed by atoms with Crippen molar-refractivity contribution in [2.24, 2.45) is 0 Å². The van der Waals surface area contributed by atoms with Gasteiger partial charge in [-0.3, -0.25) is 0 Å². The highest BCUT2D eigenvalue weighted by molar-refractivity contribution is 5.54. The first kappa shape index (κ1) is 11.5. The van der Waals surface area contributed by atoms with Crippen LogP contribution >= 0.6 is 0 Å². The van der Waals surface area contributed by atoms with E-state index < -0.39 is 11.6 Å². The van der Waals surface area contributed by atoms with Gasteiger partial charge in [0.25, 0.3) is 0 Å². The minimum Gasteiger partial charge on any atom is -0.399 e. The lowest BCUT2D eigenvalue weighted by molar-refractivity contribution is 0.590. The molecule has 0 heterocycles. The van der Waals surface area contributed by atoms with Gasteiger partial charge in [0.1, 0.15) is 5.69 Å². The molecule has 2 nitrogen and oxygen atoms in total. The monoisotopic (exact) mass is 212 g/mol. The van der Waals surface area contributed by atoms with Crippen LogP contribution in [0.5, 0.6) is 0 Å². The van der Waals surface area contributed by atoms with E-state index in [9.17, 15) is 8.78 Å². The Kier molecular flexibility index (Phi) is 3.66. The maximum atomic E-state index is 13.2. The summed E-state index contributed by atoms with van der Waals surface area (Å²) in [6.07, 6.45) is 1.84. The zero-order valence-corrected chi connectivity index (χ0v) is 8.77. The third kappa shape index (κ3) is 3.23. The molecule has 0 aliphatic rings. The topological polar surface area (TPSA) is 38.0 Å². The first-order valence-corrected chi connectivity index (χ1v) is 4.62. The van der Waals surface area contributed by atoms with Gasteiger partial charge >= 0.3 is 0 Å². The average molecular weight is 212 g/mol. The number of benzene rings is 1. The van der Waals surface area contributed by atoms with Crippen molar-refractivity contribution >= 4 is 11.4 Å². The van der Waals surface area contributed by atoms with E-state index in [1.807, 2.05) is 19.9 Å². The fraction of sp³-hybridized carbons (Fsp3) is 0.273. The quantitative estimate of drug-likeness (QED) is 0.597. The van der Waals surface area contributed by atoms with Crippen LogP contribution in [0.2, 0.25) is 0 Å². The normalized spacial score (nSPS) is 9.87. The van der Waals surface area contributed by atoms with E-state index in [-0.39, 0.29) is 11.4 Å². The summed E-state index contributed by atoms with van der Waals surface area (Å²) in [4.78, 5) is 0. The summed E-state index contributed by atoms with van der Waals surface area (Å²) in [6, 6.07) is 2.18. The highest BCUT2D eigenvalue weighted by atomic mass is 19.1. The number of allylic oxidation sites excluding steroid dienone is 1. The molecular formula is C11H14F2N2. The van der Waals surface area contributed by atoms with Crippen molar-refractivity contribution in [3.8, 4) is 0 Å². The van der Waals surface area contributed by atoms with Crippen molar-refractivity contribution in [1.29, 1.82) is 0 Å². The second kappa shape index (κ2) is 4.77. The third-order valence-electron chi connectivity index (χ3n) is 1.85. The Labute approximate surface area is 87.8 Å². The number of nitrogens with two attached hydrogens (primary N) is 1. The molecule has 0 fully saturated rings. The van der Waals surface area contributed by atoms with Crippen LogP contribution in [0.25, 0.3) is 0 Å². The average Bonchev–Trinajstić information content (AvgIpc) is 2.08. The maximum Gasteiger partial charge on any atom is 0.151 e. The molecule has 0 saturated carbocycles. The highest BCUT2D eigenvalue weighted by Crippen LogP contribution is 2.21. The van der Waals surface area contributed by atoms with Gasteiger partial charge in [0.2, 0.25) is 0 Å². The summed E-state index contributed by atoms with van der Waals surface area (Å²) >= 11 is 0. The molecular weight excluding hydrogens is 198 g/mol. The van der Waals surface area contributed by atoms with E-state index in [1.54, 1.807) is 0 Å². The Bertz CT molecular complexity index is 359.